The van der Waals surface area contributed by atoms with Gasteiger partial charge in [-0.3, -0.25) is 14.7 Å². The van der Waals surface area contributed by atoms with Crippen LogP contribution >= 0.6 is 11.3 Å². The van der Waals surface area contributed by atoms with E-state index in [-0.39, 0.29) is 18.8 Å². The van der Waals surface area contributed by atoms with Crippen molar-refractivity contribution in [3.8, 4) is 5.75 Å². The van der Waals surface area contributed by atoms with Crippen molar-refractivity contribution in [2.75, 3.05) is 39.9 Å². The summed E-state index contributed by atoms with van der Waals surface area (Å²) in [5.41, 5.74) is 6.15. The van der Waals surface area contributed by atoms with Crippen molar-refractivity contribution in [2.45, 2.75) is 25.6 Å². The van der Waals surface area contributed by atoms with Crippen LogP contribution in [0.1, 0.15) is 23.4 Å². The summed E-state index contributed by atoms with van der Waals surface area (Å²) in [6.07, 6.45) is 0.234. The number of benzene rings is 1. The summed E-state index contributed by atoms with van der Waals surface area (Å²) in [7, 11) is 1.76. The Morgan fingerprint density at radius 2 is 2.26 bits per heavy atom. The molecule has 1 fully saturated rings. The molecule has 0 bridgehead atoms. The molecule has 168 valence electrons. The highest BCUT2D eigenvalue weighted by atomic mass is 32.1. The van der Waals surface area contributed by atoms with Gasteiger partial charge in [0.2, 0.25) is 0 Å². The van der Waals surface area contributed by atoms with E-state index in [2.05, 4.69) is 45.0 Å². The highest BCUT2D eigenvalue weighted by Crippen LogP contribution is 2.26. The molecule has 2 unspecified atom stereocenters. The molecule has 31 heavy (non-hydrogen) atoms. The van der Waals surface area contributed by atoms with Crippen LogP contribution in [0.25, 0.3) is 0 Å². The first-order valence-electron chi connectivity index (χ1n) is 10.4. The Bertz CT molecular complexity index is 859. The minimum absolute atomic E-state index is 0.135. The molecule has 0 aliphatic carbocycles. The van der Waals surface area contributed by atoms with E-state index in [4.69, 9.17) is 15.2 Å². The summed E-state index contributed by atoms with van der Waals surface area (Å²) in [5.74, 6) is 0.842. The number of morpholine rings is 1. The fourth-order valence-electron chi connectivity index (χ4n) is 3.52. The number of nitrogens with two attached hydrogens (primary N) is 1. The second-order valence-electron chi connectivity index (χ2n) is 7.42. The summed E-state index contributed by atoms with van der Waals surface area (Å²) >= 11 is 1.77. The molecule has 8 nitrogen and oxygen atoms in total. The Kier molecular flexibility index (Phi) is 8.69. The number of thiophene rings is 1. The minimum atomic E-state index is -0.497. The molecule has 9 heteroatoms. The first kappa shape index (κ1) is 23.1. The van der Waals surface area contributed by atoms with Gasteiger partial charge in [0.05, 0.1) is 18.8 Å². The quantitative estimate of drug-likeness (QED) is 0.402. The molecular weight excluding hydrogens is 414 g/mol. The maximum atomic E-state index is 10.9. The average Bonchev–Trinajstić information content (AvgIpc) is 3.29. The zero-order valence-corrected chi connectivity index (χ0v) is 18.9. The molecule has 2 aromatic rings. The second kappa shape index (κ2) is 11.7. The van der Waals surface area contributed by atoms with Gasteiger partial charge in [0.1, 0.15) is 5.75 Å². The van der Waals surface area contributed by atoms with E-state index in [0.717, 1.165) is 37.8 Å². The Hall–Kier alpha value is -2.62. The van der Waals surface area contributed by atoms with Gasteiger partial charge in [-0.1, -0.05) is 18.2 Å². The molecule has 0 saturated carbocycles. The van der Waals surface area contributed by atoms with Crippen molar-refractivity contribution in [2.24, 2.45) is 10.7 Å². The molecule has 0 radical (unpaired) electrons. The first-order chi connectivity index (χ1) is 15.0. The van der Waals surface area contributed by atoms with Gasteiger partial charge in [-0.25, -0.2) is 0 Å². The number of ether oxygens (including phenoxy) is 2. The normalized spacial score (nSPS) is 18.4. The van der Waals surface area contributed by atoms with Crippen LogP contribution in [0.15, 0.2) is 46.8 Å². The summed E-state index contributed by atoms with van der Waals surface area (Å²) < 4.78 is 11.1. The second-order valence-corrected chi connectivity index (χ2v) is 8.40. The van der Waals surface area contributed by atoms with E-state index in [1.54, 1.807) is 24.5 Å². The molecule has 0 spiro atoms. The Labute approximate surface area is 187 Å². The largest absolute Gasteiger partial charge is 0.484 e. The Balaban J connectivity index is 1.56. The van der Waals surface area contributed by atoms with Gasteiger partial charge in [-0.2, -0.15) is 0 Å². The van der Waals surface area contributed by atoms with E-state index in [1.165, 1.54) is 4.88 Å². The van der Waals surface area contributed by atoms with Crippen LogP contribution in [0.2, 0.25) is 0 Å². The molecule has 1 aliphatic rings. The highest BCUT2D eigenvalue weighted by molar-refractivity contribution is 7.10. The van der Waals surface area contributed by atoms with Crippen molar-refractivity contribution in [1.29, 1.82) is 0 Å². The van der Waals surface area contributed by atoms with Crippen molar-refractivity contribution in [1.82, 2.24) is 15.5 Å². The third-order valence-electron chi connectivity index (χ3n) is 5.01. The molecule has 1 saturated heterocycles. The van der Waals surface area contributed by atoms with Gasteiger partial charge in [0.15, 0.2) is 12.6 Å². The molecule has 1 aromatic carbocycles. The molecule has 2 atom stereocenters. The third kappa shape index (κ3) is 7.23. The van der Waals surface area contributed by atoms with Crippen LogP contribution < -0.4 is 21.1 Å². The number of hydrogen-bond donors (Lipinski definition) is 3. The smallest absolute Gasteiger partial charge is 0.255 e. The van der Waals surface area contributed by atoms with Crippen molar-refractivity contribution in [3.05, 3.63) is 52.2 Å². The Morgan fingerprint density at radius 3 is 2.97 bits per heavy atom. The van der Waals surface area contributed by atoms with Gasteiger partial charge in [-0.15, -0.1) is 11.3 Å². The summed E-state index contributed by atoms with van der Waals surface area (Å²) in [6.45, 7) is 5.88. The Morgan fingerprint density at radius 1 is 1.39 bits per heavy atom. The molecule has 2 heterocycles. The SMILES string of the molecule is CN=C(NCc1cccc(OCC(N)=O)c1)NCC(c1cccs1)N1CCOC(C)C1. The highest BCUT2D eigenvalue weighted by Gasteiger charge is 2.26. The number of nitrogens with one attached hydrogen (secondary N) is 2. The monoisotopic (exact) mass is 445 g/mol. The first-order valence-corrected chi connectivity index (χ1v) is 11.3. The van der Waals surface area contributed by atoms with Gasteiger partial charge >= 0.3 is 0 Å². The van der Waals surface area contributed by atoms with Gasteiger partial charge < -0.3 is 25.8 Å². The predicted octanol–water partition coefficient (Wildman–Crippen LogP) is 1.74. The predicted molar refractivity (Wildman–Crippen MR) is 123 cm³/mol. The van der Waals surface area contributed by atoms with Crippen molar-refractivity contribution in [3.63, 3.8) is 0 Å². The molecule has 1 amide bonds. The van der Waals surface area contributed by atoms with Crippen LogP contribution in [0.3, 0.4) is 0 Å². The lowest BCUT2D eigenvalue weighted by Gasteiger charge is -2.37. The zero-order chi connectivity index (χ0) is 22.1. The lowest BCUT2D eigenvalue weighted by atomic mass is 10.1. The third-order valence-corrected chi connectivity index (χ3v) is 5.98. The fraction of sp³-hybridized carbons (Fsp3) is 0.455. The zero-order valence-electron chi connectivity index (χ0n) is 18.0. The van der Waals surface area contributed by atoms with Crippen LogP contribution in [-0.2, 0) is 16.1 Å². The van der Waals surface area contributed by atoms with E-state index >= 15 is 0 Å². The number of guanidine groups is 1. The summed E-state index contributed by atoms with van der Waals surface area (Å²) in [6, 6.07) is 12.1. The van der Waals surface area contributed by atoms with Gasteiger partial charge in [0.25, 0.3) is 5.91 Å². The number of carbonyl (C=O) groups excluding carboxylic acids is 1. The number of primary amides is 1. The number of rotatable bonds is 9. The lowest BCUT2D eigenvalue weighted by Crippen LogP contribution is -2.47. The molecule has 4 N–H and O–H groups in total. The van der Waals surface area contributed by atoms with Crippen LogP contribution in [0.4, 0.5) is 0 Å². The van der Waals surface area contributed by atoms with Gasteiger partial charge in [0, 0.05) is 38.1 Å². The van der Waals surface area contributed by atoms with Crippen LogP contribution in [-0.4, -0.2) is 62.8 Å². The van der Waals surface area contributed by atoms with Crippen molar-refractivity contribution < 1.29 is 14.3 Å². The standard InChI is InChI=1S/C22H31N5O3S/c1-16-14-27(8-9-29-16)19(20-7-4-10-31-20)13-26-22(24-2)25-12-17-5-3-6-18(11-17)30-15-21(23)28/h3-7,10-11,16,19H,8-9,12-15H2,1-2H3,(H2,23,28)(H2,24,25,26). The number of amides is 1. The van der Waals surface area contributed by atoms with E-state index in [1.807, 2.05) is 18.2 Å². The number of nitrogens with zero attached hydrogens (tertiary/aromatic N) is 2. The average molecular weight is 446 g/mol. The number of aliphatic imine (C=N–C) groups is 1. The number of hydrogen-bond acceptors (Lipinski definition) is 6. The van der Waals surface area contributed by atoms with E-state index in [0.29, 0.717) is 12.3 Å². The lowest BCUT2D eigenvalue weighted by molar-refractivity contribution is -0.119. The van der Waals surface area contributed by atoms with Crippen molar-refractivity contribution >= 4 is 23.2 Å². The van der Waals surface area contributed by atoms with Gasteiger partial charge in [-0.05, 0) is 36.1 Å². The summed E-state index contributed by atoms with van der Waals surface area (Å²) in [4.78, 5) is 19.1. The molecule has 3 rings (SSSR count). The topological polar surface area (TPSA) is 101 Å². The van der Waals surface area contributed by atoms with Crippen LogP contribution in [0.5, 0.6) is 5.75 Å². The summed E-state index contributed by atoms with van der Waals surface area (Å²) in [5, 5.41) is 8.93. The van der Waals surface area contributed by atoms with Crippen LogP contribution in [0, 0.1) is 0 Å². The maximum absolute atomic E-state index is 10.9. The fourth-order valence-corrected chi connectivity index (χ4v) is 4.38. The number of carbonyl (C=O) groups is 1. The molecule has 1 aromatic heterocycles. The van der Waals surface area contributed by atoms with E-state index < -0.39 is 5.91 Å². The molecule has 1 aliphatic heterocycles. The van der Waals surface area contributed by atoms with E-state index in [9.17, 15) is 4.79 Å². The maximum Gasteiger partial charge on any atom is 0.255 e. The molecular formula is C22H31N5O3S. The minimum Gasteiger partial charge on any atom is -0.484 e.